The van der Waals surface area contributed by atoms with Crippen molar-refractivity contribution in [1.29, 1.82) is 0 Å². The third kappa shape index (κ3) is 5.50. The minimum atomic E-state index is -4.12. The Labute approximate surface area is 153 Å². The minimum absolute atomic E-state index is 0.419. The van der Waals surface area contributed by atoms with E-state index in [9.17, 15) is 13.2 Å². The molecule has 4 nitrogen and oxygen atoms in total. The molecule has 2 heterocycles. The number of nitrogens with one attached hydrogen (secondary N) is 1. The van der Waals surface area contributed by atoms with Gasteiger partial charge in [0.05, 0.1) is 17.9 Å². The SMILES string of the molecule is Cc1nc(N2CCN(CC(F)(F)F)CC2)ccc1NCC1CCCCC1. The third-order valence-electron chi connectivity index (χ3n) is 5.48. The Kier molecular flexibility index (Phi) is 6.27. The van der Waals surface area contributed by atoms with Gasteiger partial charge in [-0.25, -0.2) is 4.98 Å². The number of halogens is 3. The number of rotatable bonds is 5. The van der Waals surface area contributed by atoms with E-state index in [1.807, 2.05) is 13.0 Å². The van der Waals surface area contributed by atoms with Gasteiger partial charge in [-0.3, -0.25) is 4.90 Å². The molecule has 146 valence electrons. The second kappa shape index (κ2) is 8.46. The molecule has 1 saturated carbocycles. The number of alkyl halides is 3. The lowest BCUT2D eigenvalue weighted by Crippen LogP contribution is -2.49. The number of hydrogen-bond donors (Lipinski definition) is 1. The molecule has 0 bridgehead atoms. The summed E-state index contributed by atoms with van der Waals surface area (Å²) in [6.07, 6.45) is 2.52. The second-order valence-electron chi connectivity index (χ2n) is 7.57. The van der Waals surface area contributed by atoms with Crippen LogP contribution < -0.4 is 10.2 Å². The van der Waals surface area contributed by atoms with Crippen LogP contribution in [0.4, 0.5) is 24.7 Å². The topological polar surface area (TPSA) is 31.4 Å². The fraction of sp³-hybridized carbons (Fsp3) is 0.737. The number of piperazine rings is 1. The van der Waals surface area contributed by atoms with Gasteiger partial charge in [-0.1, -0.05) is 19.3 Å². The monoisotopic (exact) mass is 370 g/mol. The molecule has 1 saturated heterocycles. The van der Waals surface area contributed by atoms with Gasteiger partial charge in [-0.15, -0.1) is 0 Å². The minimum Gasteiger partial charge on any atom is -0.383 e. The molecule has 7 heteroatoms. The first-order chi connectivity index (χ1) is 12.4. The van der Waals surface area contributed by atoms with Gasteiger partial charge >= 0.3 is 6.18 Å². The van der Waals surface area contributed by atoms with E-state index in [2.05, 4.69) is 21.3 Å². The van der Waals surface area contributed by atoms with Gasteiger partial charge in [0.2, 0.25) is 0 Å². The number of aryl methyl sites for hydroxylation is 1. The molecule has 1 aliphatic carbocycles. The number of hydrogen-bond acceptors (Lipinski definition) is 4. The molecule has 0 unspecified atom stereocenters. The van der Waals surface area contributed by atoms with Crippen molar-refractivity contribution in [2.45, 2.75) is 45.2 Å². The highest BCUT2D eigenvalue weighted by Gasteiger charge is 2.32. The first-order valence-electron chi connectivity index (χ1n) is 9.66. The summed E-state index contributed by atoms with van der Waals surface area (Å²) in [5, 5.41) is 3.53. The molecule has 0 amide bonds. The molecule has 3 rings (SSSR count). The smallest absolute Gasteiger partial charge is 0.383 e. The Morgan fingerprint density at radius 3 is 2.38 bits per heavy atom. The fourth-order valence-corrected chi connectivity index (χ4v) is 3.94. The van der Waals surface area contributed by atoms with Crippen molar-refractivity contribution in [3.63, 3.8) is 0 Å². The van der Waals surface area contributed by atoms with Gasteiger partial charge in [0.25, 0.3) is 0 Å². The maximum atomic E-state index is 12.5. The summed E-state index contributed by atoms with van der Waals surface area (Å²) >= 11 is 0. The van der Waals surface area contributed by atoms with Gasteiger partial charge in [0, 0.05) is 32.7 Å². The van der Waals surface area contributed by atoms with Crippen LogP contribution in [0.15, 0.2) is 12.1 Å². The molecule has 0 radical (unpaired) electrons. The quantitative estimate of drug-likeness (QED) is 0.847. The van der Waals surface area contributed by atoms with Crippen LogP contribution in [0.1, 0.15) is 37.8 Å². The normalized spacial score (nSPS) is 20.4. The fourth-order valence-electron chi connectivity index (χ4n) is 3.94. The number of anilines is 2. The average Bonchev–Trinajstić information content (AvgIpc) is 2.61. The molecule has 1 aliphatic heterocycles. The van der Waals surface area contributed by atoms with Crippen LogP contribution in [-0.4, -0.2) is 55.3 Å². The molecular formula is C19H29F3N4. The molecule has 0 spiro atoms. The van der Waals surface area contributed by atoms with Crippen molar-refractivity contribution in [3.05, 3.63) is 17.8 Å². The van der Waals surface area contributed by atoms with E-state index in [1.54, 1.807) is 0 Å². The third-order valence-corrected chi connectivity index (χ3v) is 5.48. The van der Waals surface area contributed by atoms with Crippen LogP contribution in [0.5, 0.6) is 0 Å². The lowest BCUT2D eigenvalue weighted by molar-refractivity contribution is -0.146. The zero-order valence-corrected chi connectivity index (χ0v) is 15.5. The molecule has 1 N–H and O–H groups in total. The second-order valence-corrected chi connectivity index (χ2v) is 7.57. The zero-order valence-electron chi connectivity index (χ0n) is 15.5. The average molecular weight is 370 g/mol. The van der Waals surface area contributed by atoms with Crippen molar-refractivity contribution in [2.75, 3.05) is 49.5 Å². The molecule has 2 fully saturated rings. The summed E-state index contributed by atoms with van der Waals surface area (Å²) in [5.41, 5.74) is 2.02. The van der Waals surface area contributed by atoms with Crippen LogP contribution in [-0.2, 0) is 0 Å². The summed E-state index contributed by atoms with van der Waals surface area (Å²) in [4.78, 5) is 8.22. The largest absolute Gasteiger partial charge is 0.401 e. The summed E-state index contributed by atoms with van der Waals surface area (Å²) in [7, 11) is 0. The van der Waals surface area contributed by atoms with Crippen molar-refractivity contribution in [3.8, 4) is 0 Å². The molecule has 1 aromatic heterocycles. The Hall–Kier alpha value is -1.50. The molecule has 26 heavy (non-hydrogen) atoms. The van der Waals surface area contributed by atoms with E-state index in [0.29, 0.717) is 26.2 Å². The Bertz CT molecular complexity index is 577. The van der Waals surface area contributed by atoms with Crippen LogP contribution in [0.25, 0.3) is 0 Å². The van der Waals surface area contributed by atoms with Crippen molar-refractivity contribution >= 4 is 11.5 Å². The Balaban J connectivity index is 1.51. The highest BCUT2D eigenvalue weighted by atomic mass is 19.4. The molecular weight excluding hydrogens is 341 g/mol. The highest BCUT2D eigenvalue weighted by Crippen LogP contribution is 2.26. The maximum absolute atomic E-state index is 12.5. The van der Waals surface area contributed by atoms with Crippen molar-refractivity contribution < 1.29 is 13.2 Å². The van der Waals surface area contributed by atoms with Gasteiger partial charge in [0.15, 0.2) is 0 Å². The maximum Gasteiger partial charge on any atom is 0.401 e. The van der Waals surface area contributed by atoms with Gasteiger partial charge in [0.1, 0.15) is 5.82 Å². The first kappa shape index (κ1) is 19.3. The van der Waals surface area contributed by atoms with Gasteiger partial charge in [-0.05, 0) is 37.8 Å². The summed E-state index contributed by atoms with van der Waals surface area (Å²) in [6, 6.07) is 4.04. The van der Waals surface area contributed by atoms with Crippen molar-refractivity contribution in [2.24, 2.45) is 5.92 Å². The predicted molar refractivity (Wildman–Crippen MR) is 98.7 cm³/mol. The van der Waals surface area contributed by atoms with E-state index in [4.69, 9.17) is 0 Å². The predicted octanol–water partition coefficient (Wildman–Crippen LogP) is 4.07. The molecule has 0 atom stereocenters. The lowest BCUT2D eigenvalue weighted by Gasteiger charge is -2.35. The summed E-state index contributed by atoms with van der Waals surface area (Å²) in [6.45, 7) is 4.17. The van der Waals surface area contributed by atoms with Gasteiger partial charge < -0.3 is 10.2 Å². The highest BCUT2D eigenvalue weighted by molar-refractivity contribution is 5.53. The van der Waals surface area contributed by atoms with E-state index < -0.39 is 12.7 Å². The molecule has 0 aromatic carbocycles. The van der Waals surface area contributed by atoms with Crippen LogP contribution >= 0.6 is 0 Å². The number of nitrogens with zero attached hydrogens (tertiary/aromatic N) is 3. The molecule has 2 aliphatic rings. The number of aromatic nitrogens is 1. The zero-order chi connectivity index (χ0) is 18.6. The van der Waals surface area contributed by atoms with Crippen LogP contribution in [0.3, 0.4) is 0 Å². The van der Waals surface area contributed by atoms with Gasteiger partial charge in [-0.2, -0.15) is 13.2 Å². The summed E-state index contributed by atoms with van der Waals surface area (Å²) in [5.74, 6) is 1.61. The van der Waals surface area contributed by atoms with E-state index >= 15 is 0 Å². The number of pyridine rings is 1. The van der Waals surface area contributed by atoms with E-state index in [-0.39, 0.29) is 0 Å². The van der Waals surface area contributed by atoms with E-state index in [0.717, 1.165) is 29.7 Å². The summed E-state index contributed by atoms with van der Waals surface area (Å²) < 4.78 is 37.5. The van der Waals surface area contributed by atoms with Crippen LogP contribution in [0, 0.1) is 12.8 Å². The Morgan fingerprint density at radius 1 is 1.08 bits per heavy atom. The van der Waals surface area contributed by atoms with Crippen molar-refractivity contribution in [1.82, 2.24) is 9.88 Å². The Morgan fingerprint density at radius 2 is 1.77 bits per heavy atom. The standard InChI is InChI=1S/C19H29F3N4/c1-15-17(23-13-16-5-3-2-4-6-16)7-8-18(24-15)26-11-9-25(10-12-26)14-19(20,21)22/h7-8,16,23H,2-6,9-14H2,1H3. The lowest BCUT2D eigenvalue weighted by atomic mass is 9.89. The molecule has 1 aromatic rings. The van der Waals surface area contributed by atoms with E-state index in [1.165, 1.54) is 37.0 Å². The first-order valence-corrected chi connectivity index (χ1v) is 9.66. The van der Waals surface area contributed by atoms with Crippen LogP contribution in [0.2, 0.25) is 0 Å².